The Hall–Kier alpha value is -1.01. The van der Waals surface area contributed by atoms with Gasteiger partial charge in [0.05, 0.1) is 11.6 Å². The van der Waals surface area contributed by atoms with Gasteiger partial charge in [-0.3, -0.25) is 4.79 Å². The minimum absolute atomic E-state index is 0. The van der Waals surface area contributed by atoms with Crippen molar-refractivity contribution in [3.8, 4) is 5.75 Å². The Kier molecular flexibility index (Phi) is 6.26. The number of nitrogens with two attached hydrogens (primary N) is 1. The number of nitrogens with zero attached hydrogens (tertiary/aromatic N) is 1. The Bertz CT molecular complexity index is 681. The second-order valence-corrected chi connectivity index (χ2v) is 8.68. The SMILES string of the molecule is Cl.NC1(C(=O)N2C[C@H]3C[C@@H](Oc4cccc(Cl)c4)[C@H](O)C[C@H]3C2)CCCC1. The minimum atomic E-state index is -0.664. The van der Waals surface area contributed by atoms with Gasteiger partial charge >= 0.3 is 0 Å². The van der Waals surface area contributed by atoms with Gasteiger partial charge in [0.2, 0.25) is 5.91 Å². The normalized spacial score (nSPS) is 31.9. The standard InChI is InChI=1S/C20H27ClN2O3.ClH/c21-15-4-3-5-16(10-15)26-18-9-14-12-23(11-13(14)8-17(18)24)19(25)20(22)6-1-2-7-20;/h3-5,10,13-14,17-18,24H,1-2,6-9,11-12,22H2;1H/t13-,14+,17+,18+;/m0./s1. The van der Waals surface area contributed by atoms with E-state index >= 15 is 0 Å². The van der Waals surface area contributed by atoms with Crippen LogP contribution in [0.3, 0.4) is 0 Å². The highest BCUT2D eigenvalue weighted by Gasteiger charge is 2.47. The van der Waals surface area contributed by atoms with E-state index in [2.05, 4.69) is 0 Å². The van der Waals surface area contributed by atoms with Crippen LogP contribution in [0.5, 0.6) is 5.75 Å². The van der Waals surface area contributed by atoms with E-state index < -0.39 is 11.6 Å². The molecule has 3 fully saturated rings. The first-order valence-electron chi connectivity index (χ1n) is 9.63. The zero-order valence-electron chi connectivity index (χ0n) is 15.4. The van der Waals surface area contributed by atoms with Gasteiger partial charge in [0.25, 0.3) is 0 Å². The number of likely N-dealkylation sites (tertiary alicyclic amines) is 1. The van der Waals surface area contributed by atoms with Crippen molar-refractivity contribution in [3.63, 3.8) is 0 Å². The molecule has 1 amide bonds. The highest BCUT2D eigenvalue weighted by molar-refractivity contribution is 6.30. The lowest BCUT2D eigenvalue weighted by atomic mass is 9.78. The third-order valence-corrected chi connectivity index (χ3v) is 6.61. The molecule has 1 saturated heterocycles. The molecule has 4 atom stereocenters. The maximum atomic E-state index is 12.9. The molecule has 1 aliphatic heterocycles. The largest absolute Gasteiger partial charge is 0.488 e. The molecular formula is C20H28Cl2N2O3. The fourth-order valence-corrected chi connectivity index (χ4v) is 5.11. The van der Waals surface area contributed by atoms with Gasteiger partial charge in [-0.1, -0.05) is 30.5 Å². The monoisotopic (exact) mass is 414 g/mol. The van der Waals surface area contributed by atoms with Crippen LogP contribution in [0.25, 0.3) is 0 Å². The maximum Gasteiger partial charge on any atom is 0.242 e. The van der Waals surface area contributed by atoms with Gasteiger partial charge < -0.3 is 20.5 Å². The first-order chi connectivity index (χ1) is 12.4. The number of benzene rings is 1. The number of halogens is 2. The Morgan fingerprint density at radius 2 is 1.89 bits per heavy atom. The van der Waals surface area contributed by atoms with Crippen LogP contribution in [0.2, 0.25) is 5.02 Å². The first kappa shape index (κ1) is 20.7. The number of fused-ring (bicyclic) bond motifs is 1. The Balaban J connectivity index is 0.00000210. The molecule has 2 aliphatic carbocycles. The summed E-state index contributed by atoms with van der Waals surface area (Å²) in [5, 5.41) is 11.2. The van der Waals surface area contributed by atoms with Crippen molar-refractivity contribution in [2.45, 2.75) is 56.3 Å². The summed E-state index contributed by atoms with van der Waals surface area (Å²) in [5.74, 6) is 1.47. The summed E-state index contributed by atoms with van der Waals surface area (Å²) in [7, 11) is 0. The molecule has 1 heterocycles. The van der Waals surface area contributed by atoms with Crippen molar-refractivity contribution in [1.82, 2.24) is 4.90 Å². The summed E-state index contributed by atoms with van der Waals surface area (Å²) in [4.78, 5) is 14.8. The third-order valence-electron chi connectivity index (χ3n) is 6.38. The van der Waals surface area contributed by atoms with Gasteiger partial charge in [-0.05, 0) is 55.7 Å². The molecule has 1 aromatic rings. The second-order valence-electron chi connectivity index (χ2n) is 8.25. The van der Waals surface area contributed by atoms with Crippen LogP contribution < -0.4 is 10.5 Å². The predicted octanol–water partition coefficient (Wildman–Crippen LogP) is 3.01. The van der Waals surface area contributed by atoms with Crippen LogP contribution in [-0.2, 0) is 4.79 Å². The third kappa shape index (κ3) is 4.21. The summed E-state index contributed by atoms with van der Waals surface area (Å²) in [6.07, 6.45) is 4.29. The van der Waals surface area contributed by atoms with Crippen LogP contribution >= 0.6 is 24.0 Å². The van der Waals surface area contributed by atoms with E-state index in [1.807, 2.05) is 17.0 Å². The number of amides is 1. The molecule has 0 spiro atoms. The smallest absolute Gasteiger partial charge is 0.242 e. The van der Waals surface area contributed by atoms with Gasteiger partial charge in [-0.2, -0.15) is 0 Å². The number of aliphatic hydroxyl groups excluding tert-OH is 1. The summed E-state index contributed by atoms with van der Waals surface area (Å²) < 4.78 is 6.01. The molecule has 2 saturated carbocycles. The van der Waals surface area contributed by atoms with Gasteiger partial charge in [0, 0.05) is 18.1 Å². The Morgan fingerprint density at radius 1 is 1.22 bits per heavy atom. The van der Waals surface area contributed by atoms with Crippen LogP contribution in [0.1, 0.15) is 38.5 Å². The van der Waals surface area contributed by atoms with Crippen molar-refractivity contribution in [3.05, 3.63) is 29.3 Å². The van der Waals surface area contributed by atoms with Crippen LogP contribution in [-0.4, -0.2) is 46.7 Å². The number of hydrogen-bond acceptors (Lipinski definition) is 4. The van der Waals surface area contributed by atoms with Gasteiger partial charge in [-0.15, -0.1) is 12.4 Å². The van der Waals surface area contributed by atoms with Gasteiger partial charge in [0.15, 0.2) is 0 Å². The molecular weight excluding hydrogens is 387 g/mol. The summed E-state index contributed by atoms with van der Waals surface area (Å²) >= 11 is 6.02. The topological polar surface area (TPSA) is 75.8 Å². The van der Waals surface area contributed by atoms with E-state index in [0.29, 0.717) is 35.6 Å². The average Bonchev–Trinajstić information content (AvgIpc) is 3.21. The van der Waals surface area contributed by atoms with E-state index in [4.69, 9.17) is 22.1 Å². The fraction of sp³-hybridized carbons (Fsp3) is 0.650. The first-order valence-corrected chi connectivity index (χ1v) is 10.0. The zero-order valence-corrected chi connectivity index (χ0v) is 16.9. The maximum absolute atomic E-state index is 12.9. The molecule has 0 radical (unpaired) electrons. The minimum Gasteiger partial charge on any atom is -0.488 e. The summed E-state index contributed by atoms with van der Waals surface area (Å²) in [6.45, 7) is 1.44. The lowest BCUT2D eigenvalue weighted by molar-refractivity contribution is -0.136. The molecule has 0 unspecified atom stereocenters. The van der Waals surface area contributed by atoms with Crippen LogP contribution in [0.15, 0.2) is 24.3 Å². The van der Waals surface area contributed by atoms with Crippen LogP contribution in [0.4, 0.5) is 0 Å². The van der Waals surface area contributed by atoms with E-state index in [1.165, 1.54) is 0 Å². The molecule has 7 heteroatoms. The highest BCUT2D eigenvalue weighted by Crippen LogP contribution is 2.40. The zero-order chi connectivity index (χ0) is 18.3. The van der Waals surface area contributed by atoms with Crippen molar-refractivity contribution >= 4 is 29.9 Å². The Morgan fingerprint density at radius 3 is 2.56 bits per heavy atom. The molecule has 0 bridgehead atoms. The Labute approximate surface area is 171 Å². The fourth-order valence-electron chi connectivity index (χ4n) is 4.93. The van der Waals surface area contributed by atoms with Crippen LogP contribution in [0, 0.1) is 11.8 Å². The summed E-state index contributed by atoms with van der Waals surface area (Å²) in [6, 6.07) is 7.26. The summed E-state index contributed by atoms with van der Waals surface area (Å²) in [5.41, 5.74) is 5.70. The van der Waals surface area contributed by atoms with E-state index in [-0.39, 0.29) is 24.4 Å². The second kappa shape index (κ2) is 8.16. The van der Waals surface area contributed by atoms with E-state index in [9.17, 15) is 9.90 Å². The predicted molar refractivity (Wildman–Crippen MR) is 107 cm³/mol. The van der Waals surface area contributed by atoms with E-state index in [0.717, 1.165) is 38.6 Å². The highest BCUT2D eigenvalue weighted by atomic mass is 35.5. The van der Waals surface area contributed by atoms with Gasteiger partial charge in [0.1, 0.15) is 11.9 Å². The molecule has 5 nitrogen and oxygen atoms in total. The molecule has 3 N–H and O–H groups in total. The molecule has 150 valence electrons. The van der Waals surface area contributed by atoms with Crippen molar-refractivity contribution in [2.24, 2.45) is 17.6 Å². The molecule has 27 heavy (non-hydrogen) atoms. The molecule has 1 aromatic carbocycles. The lowest BCUT2D eigenvalue weighted by Gasteiger charge is -2.35. The van der Waals surface area contributed by atoms with Gasteiger partial charge in [-0.25, -0.2) is 0 Å². The number of hydrogen-bond donors (Lipinski definition) is 2. The van der Waals surface area contributed by atoms with Crippen molar-refractivity contribution in [1.29, 1.82) is 0 Å². The lowest BCUT2D eigenvalue weighted by Crippen LogP contribution is -2.53. The number of ether oxygens (including phenoxy) is 1. The van der Waals surface area contributed by atoms with Crippen molar-refractivity contribution in [2.75, 3.05) is 13.1 Å². The van der Waals surface area contributed by atoms with Crippen molar-refractivity contribution < 1.29 is 14.6 Å². The number of aliphatic hydroxyl groups is 1. The number of rotatable bonds is 3. The average molecular weight is 415 g/mol. The molecule has 0 aromatic heterocycles. The number of carbonyl (C=O) groups is 1. The molecule has 3 aliphatic rings. The number of carbonyl (C=O) groups excluding carboxylic acids is 1. The molecule has 4 rings (SSSR count). The quantitative estimate of drug-likeness (QED) is 0.796. The van der Waals surface area contributed by atoms with E-state index in [1.54, 1.807) is 12.1 Å².